The van der Waals surface area contributed by atoms with Crippen LogP contribution in [0.3, 0.4) is 0 Å². The molecule has 0 heterocycles. The molecule has 0 radical (unpaired) electrons. The van der Waals surface area contributed by atoms with Crippen molar-refractivity contribution in [3.05, 3.63) is 41.0 Å². The van der Waals surface area contributed by atoms with Crippen molar-refractivity contribution in [2.45, 2.75) is 52.7 Å². The first kappa shape index (κ1) is 22.1. The first-order chi connectivity index (χ1) is 12.4. The van der Waals surface area contributed by atoms with E-state index in [0.29, 0.717) is 11.1 Å². The molecule has 1 atom stereocenters. The summed E-state index contributed by atoms with van der Waals surface area (Å²) in [6, 6.07) is 5.65. The Labute approximate surface area is 158 Å². The molecule has 0 aliphatic rings. The van der Waals surface area contributed by atoms with Crippen molar-refractivity contribution in [1.82, 2.24) is 5.32 Å². The average molecular weight is 375 g/mol. The van der Waals surface area contributed by atoms with Crippen LogP contribution in [0.15, 0.2) is 29.8 Å². The molecule has 0 saturated heterocycles. The van der Waals surface area contributed by atoms with Crippen LogP contribution in [0.1, 0.15) is 45.7 Å². The number of carboxylic acid groups (broad SMARTS) is 1. The number of ether oxygens (including phenoxy) is 1. The Morgan fingerprint density at radius 1 is 1.11 bits per heavy atom. The molecule has 7 nitrogen and oxygen atoms in total. The lowest BCUT2D eigenvalue weighted by Gasteiger charge is -2.20. The maximum absolute atomic E-state index is 12.2. The highest BCUT2D eigenvalue weighted by molar-refractivity contribution is 6.19. The van der Waals surface area contributed by atoms with Gasteiger partial charge in [0.05, 0.1) is 0 Å². The van der Waals surface area contributed by atoms with Gasteiger partial charge in [0, 0.05) is 13.3 Å². The molecule has 1 amide bonds. The smallest absolute Gasteiger partial charge is 0.342 e. The van der Waals surface area contributed by atoms with Gasteiger partial charge in [-0.15, -0.1) is 0 Å². The number of amides is 1. The molecule has 0 bridgehead atoms. The maximum atomic E-state index is 12.2. The molecule has 2 N–H and O–H groups in total. The minimum Gasteiger partial charge on any atom is -0.480 e. The molecule has 0 fully saturated rings. The van der Waals surface area contributed by atoms with Crippen LogP contribution < -0.4 is 5.32 Å². The van der Waals surface area contributed by atoms with Gasteiger partial charge in [-0.1, -0.05) is 24.3 Å². The first-order valence-electron chi connectivity index (χ1n) is 8.44. The van der Waals surface area contributed by atoms with Gasteiger partial charge >= 0.3 is 11.9 Å². The number of esters is 1. The molecular formula is C20H25NO6. The second kappa shape index (κ2) is 9.12. The number of carbonyl (C=O) groups is 4. The highest BCUT2D eigenvalue weighted by Crippen LogP contribution is 2.16. The van der Waals surface area contributed by atoms with Crippen LogP contribution in [0.2, 0.25) is 0 Å². The molecule has 0 aliphatic carbocycles. The highest BCUT2D eigenvalue weighted by atomic mass is 16.6. The Kier molecular flexibility index (Phi) is 7.45. The number of ketones is 1. The van der Waals surface area contributed by atoms with E-state index in [9.17, 15) is 19.2 Å². The SMILES string of the molecule is CC(=O)NC(Cc1ccc(C=C(C(C)=O)C(=O)OC(C)(C)C)cc1)C(=O)O. The third-order valence-corrected chi connectivity index (χ3v) is 3.40. The number of rotatable bonds is 7. The molecule has 0 aliphatic heterocycles. The fraction of sp³-hybridized carbons (Fsp3) is 0.400. The van der Waals surface area contributed by atoms with Crippen LogP contribution in [0.25, 0.3) is 6.08 Å². The van der Waals surface area contributed by atoms with Crippen molar-refractivity contribution in [1.29, 1.82) is 0 Å². The number of nitrogens with one attached hydrogen (secondary N) is 1. The van der Waals surface area contributed by atoms with Crippen LogP contribution in [0, 0.1) is 0 Å². The molecule has 0 saturated carbocycles. The highest BCUT2D eigenvalue weighted by Gasteiger charge is 2.23. The second-order valence-electron chi connectivity index (χ2n) is 7.15. The quantitative estimate of drug-likeness (QED) is 0.327. The third-order valence-electron chi connectivity index (χ3n) is 3.40. The lowest BCUT2D eigenvalue weighted by Crippen LogP contribution is -2.41. The van der Waals surface area contributed by atoms with Gasteiger partial charge in [-0.3, -0.25) is 9.59 Å². The van der Waals surface area contributed by atoms with E-state index in [1.807, 2.05) is 0 Å². The summed E-state index contributed by atoms with van der Waals surface area (Å²) < 4.78 is 5.24. The largest absolute Gasteiger partial charge is 0.480 e. The summed E-state index contributed by atoms with van der Waals surface area (Å²) in [6.07, 6.45) is 1.55. The van der Waals surface area contributed by atoms with Crippen molar-refractivity contribution in [3.8, 4) is 0 Å². The normalized spacial score (nSPS) is 12.9. The molecule has 1 aromatic carbocycles. The van der Waals surface area contributed by atoms with Crippen LogP contribution in [0.4, 0.5) is 0 Å². The number of Topliss-reactive ketones (excluding diaryl/α,β-unsaturated/α-hetero) is 1. The van der Waals surface area contributed by atoms with E-state index >= 15 is 0 Å². The third kappa shape index (κ3) is 7.85. The van der Waals surface area contributed by atoms with Crippen molar-refractivity contribution in [2.75, 3.05) is 0 Å². The number of carboxylic acids is 1. The van der Waals surface area contributed by atoms with Crippen LogP contribution in [0.5, 0.6) is 0 Å². The summed E-state index contributed by atoms with van der Waals surface area (Å²) in [7, 11) is 0. The van der Waals surface area contributed by atoms with E-state index < -0.39 is 35.3 Å². The monoisotopic (exact) mass is 375 g/mol. The minimum atomic E-state index is -1.13. The Morgan fingerprint density at radius 3 is 2.07 bits per heavy atom. The molecule has 1 unspecified atom stereocenters. The summed E-state index contributed by atoms with van der Waals surface area (Å²) in [5, 5.41) is 11.5. The van der Waals surface area contributed by atoms with E-state index in [4.69, 9.17) is 9.84 Å². The zero-order valence-corrected chi connectivity index (χ0v) is 16.2. The van der Waals surface area contributed by atoms with Crippen molar-refractivity contribution >= 4 is 29.7 Å². The molecule has 1 aromatic rings. The van der Waals surface area contributed by atoms with Gasteiger partial charge in [0.2, 0.25) is 5.91 Å². The number of carbonyl (C=O) groups excluding carboxylic acids is 3. The molecule has 0 aromatic heterocycles. The zero-order chi connectivity index (χ0) is 20.8. The van der Waals surface area contributed by atoms with Gasteiger partial charge < -0.3 is 15.2 Å². The van der Waals surface area contributed by atoms with Gasteiger partial charge in [0.15, 0.2) is 5.78 Å². The zero-order valence-electron chi connectivity index (χ0n) is 16.2. The predicted octanol–water partition coefficient (Wildman–Crippen LogP) is 2.13. The van der Waals surface area contributed by atoms with Gasteiger partial charge in [-0.2, -0.15) is 0 Å². The molecule has 0 spiro atoms. The minimum absolute atomic E-state index is 0.0701. The van der Waals surface area contributed by atoms with Gasteiger partial charge in [-0.25, -0.2) is 9.59 Å². The molecule has 1 rings (SSSR count). The number of aliphatic carboxylic acids is 1. The van der Waals surface area contributed by atoms with Gasteiger partial charge in [0.1, 0.15) is 17.2 Å². The van der Waals surface area contributed by atoms with Crippen LogP contribution >= 0.6 is 0 Å². The first-order valence-corrected chi connectivity index (χ1v) is 8.44. The Morgan fingerprint density at radius 2 is 1.67 bits per heavy atom. The summed E-state index contributed by atoms with van der Waals surface area (Å²) in [4.78, 5) is 46.3. The summed E-state index contributed by atoms with van der Waals surface area (Å²) in [6.45, 7) is 7.68. The predicted molar refractivity (Wildman–Crippen MR) is 99.9 cm³/mol. The van der Waals surface area contributed by atoms with Crippen molar-refractivity contribution in [2.24, 2.45) is 0 Å². The van der Waals surface area contributed by atoms with Crippen LogP contribution in [-0.4, -0.2) is 40.4 Å². The van der Waals surface area contributed by atoms with Crippen LogP contribution in [-0.2, 0) is 30.3 Å². The average Bonchev–Trinajstić information content (AvgIpc) is 2.50. The standard InChI is InChI=1S/C20H25NO6/c1-12(22)16(19(26)27-20(3,4)5)10-14-6-8-15(9-7-14)11-17(18(24)25)21-13(2)23/h6-10,17H,11H2,1-5H3,(H,21,23)(H,24,25). The second-order valence-corrected chi connectivity index (χ2v) is 7.15. The molecule has 27 heavy (non-hydrogen) atoms. The van der Waals surface area contributed by atoms with E-state index in [2.05, 4.69) is 5.32 Å². The molecular weight excluding hydrogens is 350 g/mol. The Bertz CT molecular complexity index is 756. The summed E-state index contributed by atoms with van der Waals surface area (Å²) in [5.74, 6) is -2.66. The van der Waals surface area contributed by atoms with Crippen molar-refractivity contribution < 1.29 is 29.0 Å². The van der Waals surface area contributed by atoms with Gasteiger partial charge in [-0.05, 0) is 44.9 Å². The topological polar surface area (TPSA) is 110 Å². The fourth-order valence-electron chi connectivity index (χ4n) is 2.24. The Balaban J connectivity index is 3.00. The molecule has 146 valence electrons. The lowest BCUT2D eigenvalue weighted by molar-refractivity contribution is -0.150. The van der Waals surface area contributed by atoms with E-state index in [1.54, 1.807) is 45.0 Å². The number of hydrogen-bond acceptors (Lipinski definition) is 5. The molecule has 7 heteroatoms. The van der Waals surface area contributed by atoms with E-state index in [1.165, 1.54) is 19.9 Å². The fourth-order valence-corrected chi connectivity index (χ4v) is 2.24. The Hall–Kier alpha value is -2.96. The maximum Gasteiger partial charge on any atom is 0.342 e. The van der Waals surface area contributed by atoms with E-state index in [-0.39, 0.29) is 12.0 Å². The van der Waals surface area contributed by atoms with E-state index in [0.717, 1.165) is 0 Å². The number of hydrogen-bond donors (Lipinski definition) is 2. The summed E-state index contributed by atoms with van der Waals surface area (Å²) in [5.41, 5.74) is 0.501. The van der Waals surface area contributed by atoms with Gasteiger partial charge in [0.25, 0.3) is 0 Å². The summed E-state index contributed by atoms with van der Waals surface area (Å²) >= 11 is 0. The van der Waals surface area contributed by atoms with Crippen molar-refractivity contribution in [3.63, 3.8) is 0 Å². The lowest BCUT2D eigenvalue weighted by atomic mass is 10.0. The number of benzene rings is 1.